The minimum atomic E-state index is -0.0614. The molecule has 0 amide bonds. The van der Waals surface area contributed by atoms with Crippen molar-refractivity contribution in [2.75, 3.05) is 7.11 Å². The molecule has 0 saturated heterocycles. The van der Waals surface area contributed by atoms with Crippen LogP contribution in [0.3, 0.4) is 0 Å². The molecule has 154 valence electrons. The second-order valence-electron chi connectivity index (χ2n) is 7.06. The Balaban J connectivity index is 1.87. The van der Waals surface area contributed by atoms with E-state index in [1.54, 1.807) is 50.4 Å². The predicted octanol–water partition coefficient (Wildman–Crippen LogP) is 4.92. The molecule has 30 heavy (non-hydrogen) atoms. The molecule has 0 unspecified atom stereocenters. The van der Waals surface area contributed by atoms with Crippen molar-refractivity contribution in [3.05, 3.63) is 89.0 Å². The highest BCUT2D eigenvalue weighted by Gasteiger charge is 2.21. The second-order valence-corrected chi connectivity index (χ2v) is 7.06. The van der Waals surface area contributed by atoms with Crippen molar-refractivity contribution in [3.63, 3.8) is 0 Å². The molecule has 0 fully saturated rings. The molecular weight excluding hydrogens is 378 g/mol. The lowest BCUT2D eigenvalue weighted by Crippen LogP contribution is -2.01. The number of phenols is 1. The van der Waals surface area contributed by atoms with E-state index in [9.17, 15) is 5.11 Å². The normalized spacial score (nSPS) is 11.6. The van der Waals surface area contributed by atoms with Gasteiger partial charge >= 0.3 is 0 Å². The SMILES string of the molecule is COc1ccc(/C(C(C)=N)=C(/[OH2+])c2ccc(OCc3ccc(C)cc3)cc2O)cc1. The summed E-state index contributed by atoms with van der Waals surface area (Å²) in [6.07, 6.45) is 0. The molecule has 0 heterocycles. The van der Waals surface area contributed by atoms with Gasteiger partial charge < -0.3 is 25.1 Å². The number of ether oxygens (including phenoxy) is 2. The zero-order valence-corrected chi connectivity index (χ0v) is 17.3. The number of phenolic OH excluding ortho intramolecular Hbond substituents is 1. The second kappa shape index (κ2) is 9.18. The van der Waals surface area contributed by atoms with E-state index < -0.39 is 0 Å². The van der Waals surface area contributed by atoms with Crippen molar-refractivity contribution in [1.29, 1.82) is 5.41 Å². The van der Waals surface area contributed by atoms with Crippen LogP contribution in [0.25, 0.3) is 11.3 Å². The molecule has 3 aromatic rings. The highest BCUT2D eigenvalue weighted by Crippen LogP contribution is 2.33. The van der Waals surface area contributed by atoms with Crippen molar-refractivity contribution in [3.8, 4) is 17.2 Å². The van der Waals surface area contributed by atoms with Crippen LogP contribution in [0.1, 0.15) is 29.2 Å². The first-order valence-electron chi connectivity index (χ1n) is 9.56. The molecule has 5 heteroatoms. The van der Waals surface area contributed by atoms with Crippen molar-refractivity contribution in [2.45, 2.75) is 20.5 Å². The van der Waals surface area contributed by atoms with Crippen LogP contribution in [0.15, 0.2) is 66.7 Å². The zero-order valence-electron chi connectivity index (χ0n) is 17.3. The maximum atomic E-state index is 10.5. The molecule has 0 aliphatic rings. The van der Waals surface area contributed by atoms with Crippen molar-refractivity contribution < 1.29 is 19.7 Å². The first-order valence-corrected chi connectivity index (χ1v) is 9.56. The first kappa shape index (κ1) is 21.0. The smallest absolute Gasteiger partial charge is 0.274 e. The van der Waals surface area contributed by atoms with Gasteiger partial charge in [0.25, 0.3) is 5.76 Å². The third kappa shape index (κ3) is 4.81. The summed E-state index contributed by atoms with van der Waals surface area (Å²) in [7, 11) is 1.59. The Bertz CT molecular complexity index is 1070. The van der Waals surface area contributed by atoms with E-state index in [-0.39, 0.29) is 17.2 Å². The summed E-state index contributed by atoms with van der Waals surface area (Å²) in [5.41, 5.74) is 3.96. The van der Waals surface area contributed by atoms with Gasteiger partial charge in [-0.15, -0.1) is 0 Å². The Kier molecular flexibility index (Phi) is 6.42. The number of allylic oxidation sites excluding steroid dienone is 1. The molecular formula is C25H26NO4+. The number of hydrogen-bond donors (Lipinski definition) is 2. The molecule has 0 aliphatic carbocycles. The summed E-state index contributed by atoms with van der Waals surface area (Å²) in [4.78, 5) is 0. The molecule has 0 bridgehead atoms. The Hall–Kier alpha value is -3.73. The summed E-state index contributed by atoms with van der Waals surface area (Å²) in [5, 5.41) is 27.3. The van der Waals surface area contributed by atoms with Gasteiger partial charge in [0.1, 0.15) is 29.4 Å². The van der Waals surface area contributed by atoms with Gasteiger partial charge in [-0.1, -0.05) is 42.0 Å². The van der Waals surface area contributed by atoms with E-state index in [2.05, 4.69) is 0 Å². The maximum Gasteiger partial charge on any atom is 0.274 e. The first-order chi connectivity index (χ1) is 14.4. The summed E-state index contributed by atoms with van der Waals surface area (Å²) in [6, 6.07) is 20.1. The quantitative estimate of drug-likeness (QED) is 0.254. The summed E-state index contributed by atoms with van der Waals surface area (Å²) >= 11 is 0. The van der Waals surface area contributed by atoms with Crippen molar-refractivity contribution in [2.24, 2.45) is 0 Å². The van der Waals surface area contributed by atoms with Crippen LogP contribution < -0.4 is 9.47 Å². The molecule has 0 atom stereocenters. The number of aromatic hydroxyl groups is 1. The topological polar surface area (TPSA) is 85.4 Å². The fraction of sp³-hybridized carbons (Fsp3) is 0.160. The van der Waals surface area contributed by atoms with E-state index in [4.69, 9.17) is 20.0 Å². The number of rotatable bonds is 7. The Morgan fingerprint density at radius 3 is 2.17 bits per heavy atom. The Morgan fingerprint density at radius 2 is 1.60 bits per heavy atom. The van der Waals surface area contributed by atoms with Crippen LogP contribution in [0.4, 0.5) is 0 Å². The van der Waals surface area contributed by atoms with Crippen LogP contribution in [-0.2, 0) is 6.61 Å². The largest absolute Gasteiger partial charge is 0.592 e. The minimum Gasteiger partial charge on any atom is -0.592 e. The lowest BCUT2D eigenvalue weighted by molar-refractivity contribution is 0.304. The molecule has 4 N–H and O–H groups in total. The van der Waals surface area contributed by atoms with Crippen LogP contribution in [0.5, 0.6) is 17.2 Å². The van der Waals surface area contributed by atoms with Gasteiger partial charge in [0, 0.05) is 11.8 Å². The highest BCUT2D eigenvalue weighted by atomic mass is 16.5. The standard InChI is InChI=1S/C25H25NO4/c1-16-4-6-18(7-5-16)15-30-21-12-13-22(23(27)14-21)25(28)24(17(2)26)19-8-10-20(29-3)11-9-19/h4-14,26-28H,15H2,1-3H3/p+1/b25-24+,26-17?. The van der Waals surface area contributed by atoms with Crippen LogP contribution >= 0.6 is 0 Å². The van der Waals surface area contributed by atoms with E-state index in [0.29, 0.717) is 34.8 Å². The molecule has 0 radical (unpaired) electrons. The van der Waals surface area contributed by atoms with Gasteiger partial charge in [0.2, 0.25) is 0 Å². The number of aryl methyl sites for hydroxylation is 1. The van der Waals surface area contributed by atoms with E-state index in [0.717, 1.165) is 5.56 Å². The van der Waals surface area contributed by atoms with Gasteiger partial charge in [0.15, 0.2) is 0 Å². The Morgan fingerprint density at radius 1 is 0.967 bits per heavy atom. The van der Waals surface area contributed by atoms with Crippen LogP contribution in [0.2, 0.25) is 0 Å². The fourth-order valence-corrected chi connectivity index (χ4v) is 3.10. The number of nitrogens with one attached hydrogen (secondary N) is 1. The molecule has 0 saturated carbocycles. The van der Waals surface area contributed by atoms with Gasteiger partial charge in [0.05, 0.1) is 12.7 Å². The van der Waals surface area contributed by atoms with Crippen LogP contribution in [0, 0.1) is 12.3 Å². The average Bonchev–Trinajstić information content (AvgIpc) is 2.73. The maximum absolute atomic E-state index is 10.5. The lowest BCUT2D eigenvalue weighted by Gasteiger charge is -2.11. The van der Waals surface area contributed by atoms with Crippen molar-refractivity contribution >= 4 is 17.0 Å². The molecule has 0 spiro atoms. The molecule has 0 aliphatic heterocycles. The van der Waals surface area contributed by atoms with Gasteiger partial charge in [-0.05, 0) is 49.2 Å². The fourth-order valence-electron chi connectivity index (χ4n) is 3.10. The number of hydrogen-bond acceptors (Lipinski definition) is 4. The monoisotopic (exact) mass is 404 g/mol. The molecule has 3 aromatic carbocycles. The third-order valence-corrected chi connectivity index (χ3v) is 4.77. The molecule has 3 rings (SSSR count). The minimum absolute atomic E-state index is 0.0614. The van der Waals surface area contributed by atoms with Gasteiger partial charge in [-0.2, -0.15) is 0 Å². The van der Waals surface area contributed by atoms with E-state index in [1.807, 2.05) is 31.2 Å². The van der Waals surface area contributed by atoms with E-state index >= 15 is 0 Å². The number of benzene rings is 3. The average molecular weight is 404 g/mol. The lowest BCUT2D eigenvalue weighted by atomic mass is 9.97. The van der Waals surface area contributed by atoms with Gasteiger partial charge in [-0.3, -0.25) is 0 Å². The summed E-state index contributed by atoms with van der Waals surface area (Å²) < 4.78 is 10.9. The summed E-state index contributed by atoms with van der Waals surface area (Å²) in [6.45, 7) is 4.05. The highest BCUT2D eigenvalue weighted by molar-refractivity contribution is 6.27. The van der Waals surface area contributed by atoms with Crippen molar-refractivity contribution in [1.82, 2.24) is 0 Å². The molecule has 5 nitrogen and oxygen atoms in total. The molecule has 0 aromatic heterocycles. The Labute approximate surface area is 176 Å². The summed E-state index contributed by atoms with van der Waals surface area (Å²) in [5.74, 6) is 1.23. The van der Waals surface area contributed by atoms with E-state index in [1.165, 1.54) is 11.6 Å². The third-order valence-electron chi connectivity index (χ3n) is 4.77. The predicted molar refractivity (Wildman–Crippen MR) is 120 cm³/mol. The van der Waals surface area contributed by atoms with Crippen LogP contribution in [-0.4, -0.2) is 23.0 Å². The van der Waals surface area contributed by atoms with Gasteiger partial charge in [-0.25, -0.2) is 0 Å². The zero-order chi connectivity index (χ0) is 21.7. The number of methoxy groups -OCH3 is 1.